The maximum atomic E-state index is 11.2. The van der Waals surface area contributed by atoms with Crippen molar-refractivity contribution in [3.8, 4) is 5.82 Å². The number of anilines is 1. The topological polar surface area (TPSA) is 112 Å². The normalized spacial score (nSPS) is 10.7. The van der Waals surface area contributed by atoms with Crippen molar-refractivity contribution in [2.75, 3.05) is 11.9 Å². The fourth-order valence-electron chi connectivity index (χ4n) is 1.92. The van der Waals surface area contributed by atoms with E-state index in [-0.39, 0.29) is 11.5 Å². The first-order valence-electron chi connectivity index (χ1n) is 6.27. The van der Waals surface area contributed by atoms with Gasteiger partial charge in [0.05, 0.1) is 10.4 Å². The number of nitrogens with one attached hydrogen (secondary N) is 1. The van der Waals surface area contributed by atoms with Crippen molar-refractivity contribution >= 4 is 22.7 Å². The van der Waals surface area contributed by atoms with Crippen LogP contribution in [0.5, 0.6) is 0 Å². The number of nitrogens with zero attached hydrogens (tertiary/aromatic N) is 6. The van der Waals surface area contributed by atoms with E-state index in [4.69, 9.17) is 0 Å². The van der Waals surface area contributed by atoms with E-state index in [9.17, 15) is 10.1 Å². The molecule has 0 aliphatic rings. The second-order valence-electron chi connectivity index (χ2n) is 4.18. The summed E-state index contributed by atoms with van der Waals surface area (Å²) < 4.78 is 1.34. The van der Waals surface area contributed by atoms with Crippen LogP contribution in [0.1, 0.15) is 6.92 Å². The molecule has 3 aromatic rings. The molecule has 1 N–H and O–H groups in total. The first-order chi connectivity index (χ1) is 10.2. The highest BCUT2D eigenvalue weighted by Crippen LogP contribution is 2.23. The standard InChI is InChI=1S/C12H11N7O2/c1-2-13-12-14-7-10(19(20)21)11(15-12)18-9-6-4-3-5-8(9)16-17-18/h3-7H,2H2,1H3,(H,13,14,15). The molecule has 2 heterocycles. The van der Waals surface area contributed by atoms with E-state index < -0.39 is 4.92 Å². The minimum atomic E-state index is -0.540. The van der Waals surface area contributed by atoms with Gasteiger partial charge < -0.3 is 5.32 Å². The molecule has 2 aromatic heterocycles. The van der Waals surface area contributed by atoms with Crippen LogP contribution in [-0.2, 0) is 0 Å². The summed E-state index contributed by atoms with van der Waals surface area (Å²) in [6.07, 6.45) is 1.16. The van der Waals surface area contributed by atoms with Crippen molar-refractivity contribution in [2.24, 2.45) is 0 Å². The molecule has 3 rings (SSSR count). The van der Waals surface area contributed by atoms with Gasteiger partial charge in [-0.15, -0.1) is 5.10 Å². The molecular formula is C12H11N7O2. The van der Waals surface area contributed by atoms with Gasteiger partial charge in [0.1, 0.15) is 11.7 Å². The lowest BCUT2D eigenvalue weighted by Crippen LogP contribution is -2.09. The van der Waals surface area contributed by atoms with Gasteiger partial charge in [0.25, 0.3) is 0 Å². The van der Waals surface area contributed by atoms with Crippen molar-refractivity contribution in [2.45, 2.75) is 6.92 Å². The lowest BCUT2D eigenvalue weighted by molar-refractivity contribution is -0.385. The Hall–Kier alpha value is -3.10. The molecule has 0 fully saturated rings. The van der Waals surface area contributed by atoms with Crippen molar-refractivity contribution in [3.63, 3.8) is 0 Å². The predicted molar refractivity (Wildman–Crippen MR) is 75.3 cm³/mol. The molecule has 0 saturated carbocycles. The quantitative estimate of drug-likeness (QED) is 0.571. The summed E-state index contributed by atoms with van der Waals surface area (Å²) >= 11 is 0. The van der Waals surface area contributed by atoms with Crippen LogP contribution in [0.4, 0.5) is 11.6 Å². The number of aromatic nitrogens is 5. The second kappa shape index (κ2) is 5.12. The first-order valence-corrected chi connectivity index (χ1v) is 6.27. The highest BCUT2D eigenvalue weighted by Gasteiger charge is 2.21. The Kier molecular flexibility index (Phi) is 3.14. The molecule has 9 nitrogen and oxygen atoms in total. The highest BCUT2D eigenvalue weighted by atomic mass is 16.6. The van der Waals surface area contributed by atoms with Crippen LogP contribution in [0.15, 0.2) is 30.5 Å². The third kappa shape index (κ3) is 2.24. The number of para-hydroxylation sites is 1. The molecule has 0 aliphatic heterocycles. The van der Waals surface area contributed by atoms with Gasteiger partial charge in [0.15, 0.2) is 0 Å². The van der Waals surface area contributed by atoms with Crippen molar-refractivity contribution < 1.29 is 4.92 Å². The molecule has 0 bridgehead atoms. The lowest BCUT2D eigenvalue weighted by Gasteiger charge is -2.05. The zero-order chi connectivity index (χ0) is 14.8. The Morgan fingerprint density at radius 1 is 1.38 bits per heavy atom. The summed E-state index contributed by atoms with van der Waals surface area (Å²) in [6.45, 7) is 2.49. The molecule has 9 heteroatoms. The number of nitro groups is 1. The van der Waals surface area contributed by atoms with E-state index in [2.05, 4.69) is 25.6 Å². The van der Waals surface area contributed by atoms with E-state index in [1.165, 1.54) is 4.68 Å². The molecule has 0 saturated heterocycles. The van der Waals surface area contributed by atoms with Gasteiger partial charge in [0.2, 0.25) is 11.8 Å². The average Bonchev–Trinajstić information content (AvgIpc) is 2.91. The smallest absolute Gasteiger partial charge is 0.332 e. The average molecular weight is 285 g/mol. The maximum absolute atomic E-state index is 11.2. The summed E-state index contributed by atoms with van der Waals surface area (Å²) in [4.78, 5) is 18.7. The van der Waals surface area contributed by atoms with E-state index in [1.807, 2.05) is 13.0 Å². The van der Waals surface area contributed by atoms with E-state index in [0.717, 1.165) is 6.20 Å². The molecule has 1 aromatic carbocycles. The number of benzene rings is 1. The van der Waals surface area contributed by atoms with Crippen molar-refractivity contribution in [3.05, 3.63) is 40.6 Å². The second-order valence-corrected chi connectivity index (χ2v) is 4.18. The largest absolute Gasteiger partial charge is 0.354 e. The summed E-state index contributed by atoms with van der Waals surface area (Å²) in [5.74, 6) is 0.386. The molecule has 0 amide bonds. The third-order valence-electron chi connectivity index (χ3n) is 2.83. The van der Waals surface area contributed by atoms with Gasteiger partial charge in [-0.3, -0.25) is 10.1 Å². The molecule has 0 spiro atoms. The van der Waals surface area contributed by atoms with Gasteiger partial charge >= 0.3 is 5.69 Å². The fourth-order valence-corrected chi connectivity index (χ4v) is 1.92. The van der Waals surface area contributed by atoms with Crippen LogP contribution in [0.3, 0.4) is 0 Å². The Morgan fingerprint density at radius 2 is 2.19 bits per heavy atom. The molecule has 0 radical (unpaired) electrons. The predicted octanol–water partition coefficient (Wildman–Crippen LogP) is 1.55. The van der Waals surface area contributed by atoms with Gasteiger partial charge in [-0.2, -0.15) is 9.67 Å². The van der Waals surface area contributed by atoms with Gasteiger partial charge in [-0.25, -0.2) is 4.98 Å². The van der Waals surface area contributed by atoms with Crippen molar-refractivity contribution in [1.29, 1.82) is 0 Å². The Labute approximate surface area is 118 Å². The molecule has 106 valence electrons. The van der Waals surface area contributed by atoms with Crippen LogP contribution < -0.4 is 5.32 Å². The summed E-state index contributed by atoms with van der Waals surface area (Å²) in [5.41, 5.74) is 1.05. The van der Waals surface area contributed by atoms with Crippen LogP contribution in [0.25, 0.3) is 16.9 Å². The van der Waals surface area contributed by atoms with E-state index in [1.54, 1.807) is 18.2 Å². The molecule has 0 unspecified atom stereocenters. The molecule has 0 atom stereocenters. The fraction of sp³-hybridized carbons (Fsp3) is 0.167. The monoisotopic (exact) mass is 285 g/mol. The van der Waals surface area contributed by atoms with Crippen molar-refractivity contribution in [1.82, 2.24) is 25.0 Å². The number of hydrogen-bond acceptors (Lipinski definition) is 7. The molecular weight excluding hydrogens is 274 g/mol. The van der Waals surface area contributed by atoms with Crippen LogP contribution in [0.2, 0.25) is 0 Å². The minimum absolute atomic E-state index is 0.0830. The summed E-state index contributed by atoms with van der Waals surface area (Å²) in [5, 5.41) is 22.0. The number of hydrogen-bond donors (Lipinski definition) is 1. The van der Waals surface area contributed by atoms with Crippen LogP contribution >= 0.6 is 0 Å². The van der Waals surface area contributed by atoms with E-state index in [0.29, 0.717) is 23.5 Å². The van der Waals surface area contributed by atoms with E-state index >= 15 is 0 Å². The first kappa shape index (κ1) is 12.9. The SMILES string of the molecule is CCNc1ncc([N+](=O)[O-])c(-n2nnc3ccccc32)n1. The zero-order valence-corrected chi connectivity index (χ0v) is 11.1. The maximum Gasteiger partial charge on any atom is 0.332 e. The van der Waals surface area contributed by atoms with Gasteiger partial charge in [-0.1, -0.05) is 17.3 Å². The summed E-state index contributed by atoms with van der Waals surface area (Å²) in [7, 11) is 0. The summed E-state index contributed by atoms with van der Waals surface area (Å²) in [6, 6.07) is 7.17. The molecule has 0 aliphatic carbocycles. The van der Waals surface area contributed by atoms with Gasteiger partial charge in [0, 0.05) is 6.54 Å². The molecule has 21 heavy (non-hydrogen) atoms. The lowest BCUT2D eigenvalue weighted by atomic mass is 10.3. The van der Waals surface area contributed by atoms with Crippen LogP contribution in [0, 0.1) is 10.1 Å². The number of rotatable bonds is 4. The van der Waals surface area contributed by atoms with Crippen LogP contribution in [-0.4, -0.2) is 36.4 Å². The Morgan fingerprint density at radius 3 is 2.95 bits per heavy atom. The number of fused-ring (bicyclic) bond motifs is 1. The third-order valence-corrected chi connectivity index (χ3v) is 2.83. The Balaban J connectivity index is 2.23. The zero-order valence-electron chi connectivity index (χ0n) is 11.1. The van der Waals surface area contributed by atoms with Gasteiger partial charge in [-0.05, 0) is 19.1 Å². The minimum Gasteiger partial charge on any atom is -0.354 e. The highest BCUT2D eigenvalue weighted by molar-refractivity contribution is 5.76. The Bertz CT molecular complexity index is 814.